The number of nitrogens with zero attached hydrogens (tertiary/aromatic N) is 2. The second kappa shape index (κ2) is 4.75. The van der Waals surface area contributed by atoms with Gasteiger partial charge in [0.15, 0.2) is 0 Å². The highest BCUT2D eigenvalue weighted by Crippen LogP contribution is 2.33. The number of piperazine rings is 1. The first-order chi connectivity index (χ1) is 9.47. The van der Waals surface area contributed by atoms with Crippen LogP contribution in [-0.4, -0.2) is 43.2 Å². The lowest BCUT2D eigenvalue weighted by Crippen LogP contribution is -2.50. The lowest BCUT2D eigenvalue weighted by molar-refractivity contribution is -0.137. The smallest absolute Gasteiger partial charge is 0.313 e. The fourth-order valence-corrected chi connectivity index (χ4v) is 2.65. The topological polar surface area (TPSA) is 35.6 Å². The molecule has 0 bridgehead atoms. The molecule has 3 rings (SSSR count). The summed E-state index contributed by atoms with van der Waals surface area (Å²) in [4.78, 5) is 15.7. The molecule has 2 saturated heterocycles. The number of nitrogens with one attached hydrogen (secondary N) is 1. The Balaban J connectivity index is 1.88. The van der Waals surface area contributed by atoms with E-state index in [0.29, 0.717) is 18.9 Å². The van der Waals surface area contributed by atoms with E-state index in [1.165, 1.54) is 11.0 Å². The monoisotopic (exact) mass is 285 g/mol. The molecule has 7 heteroatoms. The van der Waals surface area contributed by atoms with Crippen LogP contribution in [0.1, 0.15) is 5.56 Å². The van der Waals surface area contributed by atoms with E-state index >= 15 is 0 Å². The van der Waals surface area contributed by atoms with E-state index in [-0.39, 0.29) is 11.9 Å². The van der Waals surface area contributed by atoms with Gasteiger partial charge in [0, 0.05) is 25.3 Å². The average Bonchev–Trinajstić information content (AvgIpc) is 2.76. The fourth-order valence-electron chi connectivity index (χ4n) is 2.65. The summed E-state index contributed by atoms with van der Waals surface area (Å²) in [5, 5.41) is 3.13. The van der Waals surface area contributed by atoms with Crippen molar-refractivity contribution in [2.45, 2.75) is 12.2 Å². The molecule has 0 spiro atoms. The number of fused-ring (bicyclic) bond motifs is 1. The first-order valence-corrected chi connectivity index (χ1v) is 6.40. The normalized spacial score (nSPS) is 24.1. The van der Waals surface area contributed by atoms with Gasteiger partial charge in [-0.3, -0.25) is 14.6 Å². The largest absolute Gasteiger partial charge is 0.416 e. The zero-order valence-corrected chi connectivity index (χ0v) is 10.7. The van der Waals surface area contributed by atoms with Gasteiger partial charge in [-0.2, -0.15) is 13.2 Å². The Morgan fingerprint density at radius 1 is 1.30 bits per heavy atom. The Morgan fingerprint density at radius 3 is 2.80 bits per heavy atom. The quantitative estimate of drug-likeness (QED) is 0.844. The highest BCUT2D eigenvalue weighted by Gasteiger charge is 2.40. The molecule has 1 aromatic rings. The molecule has 0 aromatic heterocycles. The van der Waals surface area contributed by atoms with Gasteiger partial charge in [-0.15, -0.1) is 0 Å². The summed E-state index contributed by atoms with van der Waals surface area (Å²) in [6.45, 7) is 2.42. The highest BCUT2D eigenvalue weighted by molar-refractivity contribution is 5.99. The molecule has 0 saturated carbocycles. The number of carbonyl (C=O) groups excluding carboxylic acids is 1. The fraction of sp³-hybridized carbons (Fsp3) is 0.462. The van der Waals surface area contributed by atoms with Crippen molar-refractivity contribution in [1.29, 1.82) is 0 Å². The van der Waals surface area contributed by atoms with Crippen molar-refractivity contribution in [2.24, 2.45) is 0 Å². The first kappa shape index (κ1) is 13.4. The Morgan fingerprint density at radius 2 is 2.10 bits per heavy atom. The van der Waals surface area contributed by atoms with E-state index in [2.05, 4.69) is 5.32 Å². The molecule has 20 heavy (non-hydrogen) atoms. The molecule has 1 aromatic carbocycles. The van der Waals surface area contributed by atoms with Crippen LogP contribution in [0.25, 0.3) is 0 Å². The summed E-state index contributed by atoms with van der Waals surface area (Å²) in [5.74, 6) is -0.142. The van der Waals surface area contributed by atoms with Crippen LogP contribution < -0.4 is 10.2 Å². The van der Waals surface area contributed by atoms with E-state index < -0.39 is 11.7 Å². The van der Waals surface area contributed by atoms with Crippen LogP contribution in [0.4, 0.5) is 18.9 Å². The molecule has 1 N–H and O–H groups in total. The summed E-state index contributed by atoms with van der Waals surface area (Å²) in [6, 6.07) is 4.65. The maximum atomic E-state index is 12.7. The van der Waals surface area contributed by atoms with E-state index in [0.717, 1.165) is 25.2 Å². The van der Waals surface area contributed by atoms with Crippen LogP contribution in [-0.2, 0) is 11.0 Å². The number of benzene rings is 1. The minimum Gasteiger partial charge on any atom is -0.313 e. The van der Waals surface area contributed by atoms with Gasteiger partial charge in [-0.25, -0.2) is 0 Å². The molecular formula is C13H14F3N3O. The minimum absolute atomic E-state index is 0.142. The van der Waals surface area contributed by atoms with Crippen LogP contribution in [0.15, 0.2) is 24.3 Å². The Labute approximate surface area is 114 Å². The van der Waals surface area contributed by atoms with Gasteiger partial charge in [0.2, 0.25) is 5.91 Å². The maximum Gasteiger partial charge on any atom is 0.416 e. The average molecular weight is 285 g/mol. The Kier molecular flexibility index (Phi) is 3.18. The SMILES string of the molecule is O=C1C2CNCCN2CN1c1cccc(C(F)(F)F)c1. The second-order valence-electron chi connectivity index (χ2n) is 4.99. The summed E-state index contributed by atoms with van der Waals surface area (Å²) in [7, 11) is 0. The van der Waals surface area contributed by atoms with Gasteiger partial charge >= 0.3 is 6.18 Å². The Bertz CT molecular complexity index is 532. The van der Waals surface area contributed by atoms with Crippen molar-refractivity contribution in [3.8, 4) is 0 Å². The number of amides is 1. The number of anilines is 1. The zero-order chi connectivity index (χ0) is 14.3. The molecule has 0 aliphatic carbocycles. The summed E-state index contributed by atoms with van der Waals surface area (Å²) in [6.07, 6.45) is -4.40. The molecule has 2 aliphatic rings. The minimum atomic E-state index is -4.40. The molecule has 2 aliphatic heterocycles. The number of alkyl halides is 3. The van der Waals surface area contributed by atoms with Crippen molar-refractivity contribution in [3.05, 3.63) is 29.8 Å². The van der Waals surface area contributed by atoms with Crippen LogP contribution in [0, 0.1) is 0 Å². The van der Waals surface area contributed by atoms with Gasteiger partial charge < -0.3 is 5.32 Å². The molecule has 108 valence electrons. The molecule has 4 nitrogen and oxygen atoms in total. The van der Waals surface area contributed by atoms with Crippen LogP contribution in [0.3, 0.4) is 0 Å². The highest BCUT2D eigenvalue weighted by atomic mass is 19.4. The van der Waals surface area contributed by atoms with Crippen molar-refractivity contribution in [2.75, 3.05) is 31.2 Å². The molecule has 1 unspecified atom stereocenters. The molecule has 2 heterocycles. The third-order valence-electron chi connectivity index (χ3n) is 3.71. The van der Waals surface area contributed by atoms with Crippen LogP contribution in [0.2, 0.25) is 0 Å². The van der Waals surface area contributed by atoms with Crippen molar-refractivity contribution in [3.63, 3.8) is 0 Å². The maximum absolute atomic E-state index is 12.7. The second-order valence-corrected chi connectivity index (χ2v) is 4.99. The third kappa shape index (κ3) is 2.27. The summed E-state index contributed by atoms with van der Waals surface area (Å²) >= 11 is 0. The Hall–Kier alpha value is -1.60. The summed E-state index contributed by atoms with van der Waals surface area (Å²) in [5.41, 5.74) is -0.426. The number of rotatable bonds is 1. The van der Waals surface area contributed by atoms with E-state index in [1.54, 1.807) is 6.07 Å². The number of hydrogen-bond acceptors (Lipinski definition) is 3. The van der Waals surface area contributed by atoms with Gasteiger partial charge in [-0.05, 0) is 18.2 Å². The van der Waals surface area contributed by atoms with Gasteiger partial charge in [0.25, 0.3) is 0 Å². The summed E-state index contributed by atoms with van der Waals surface area (Å²) < 4.78 is 38.2. The first-order valence-electron chi connectivity index (χ1n) is 6.40. The van der Waals surface area contributed by atoms with Crippen LogP contribution in [0.5, 0.6) is 0 Å². The van der Waals surface area contributed by atoms with Crippen molar-refractivity contribution < 1.29 is 18.0 Å². The van der Waals surface area contributed by atoms with Gasteiger partial charge in [0.05, 0.1) is 12.2 Å². The lowest BCUT2D eigenvalue weighted by atomic mass is 10.1. The molecule has 1 amide bonds. The van der Waals surface area contributed by atoms with Crippen molar-refractivity contribution >= 4 is 11.6 Å². The molecular weight excluding hydrogens is 271 g/mol. The lowest BCUT2D eigenvalue weighted by Gasteiger charge is -2.26. The molecule has 2 fully saturated rings. The number of hydrogen-bond donors (Lipinski definition) is 1. The van der Waals surface area contributed by atoms with E-state index in [4.69, 9.17) is 0 Å². The zero-order valence-electron chi connectivity index (χ0n) is 10.7. The third-order valence-corrected chi connectivity index (χ3v) is 3.71. The van der Waals surface area contributed by atoms with Gasteiger partial charge in [0.1, 0.15) is 6.04 Å². The number of carbonyl (C=O) groups is 1. The number of halogens is 3. The predicted octanol–water partition coefficient (Wildman–Crippen LogP) is 1.28. The molecule has 0 radical (unpaired) electrons. The standard InChI is InChI=1S/C13H14F3N3O/c14-13(15,16)9-2-1-3-10(6-9)19-8-18-5-4-17-7-11(18)12(19)20/h1-3,6,11,17H,4-5,7-8H2. The van der Waals surface area contributed by atoms with Gasteiger partial charge in [-0.1, -0.05) is 6.07 Å². The molecule has 1 atom stereocenters. The van der Waals surface area contributed by atoms with Crippen molar-refractivity contribution in [1.82, 2.24) is 10.2 Å². The van der Waals surface area contributed by atoms with Crippen LogP contribution >= 0.6 is 0 Å². The van der Waals surface area contributed by atoms with E-state index in [1.807, 2.05) is 4.90 Å². The predicted molar refractivity (Wildman–Crippen MR) is 67.2 cm³/mol. The van der Waals surface area contributed by atoms with E-state index in [9.17, 15) is 18.0 Å².